The number of nitrogen functional groups attached to an aromatic ring is 1. The van der Waals surface area contributed by atoms with Gasteiger partial charge in [-0.1, -0.05) is 60.7 Å². The van der Waals surface area contributed by atoms with Gasteiger partial charge in [-0.25, -0.2) is 4.98 Å². The topological polar surface area (TPSA) is 133 Å². The smallest absolute Gasteiger partial charge is 0.356 e. The van der Waals surface area contributed by atoms with Crippen molar-refractivity contribution in [1.82, 2.24) is 19.5 Å². The van der Waals surface area contributed by atoms with Crippen LogP contribution in [0.4, 0.5) is 5.95 Å². The number of imidazole rings is 1. The van der Waals surface area contributed by atoms with E-state index < -0.39 is 13.7 Å². The molecule has 11 nitrogen and oxygen atoms in total. The number of rotatable bonds is 16. The highest BCUT2D eigenvalue weighted by Crippen LogP contribution is 2.50. The molecule has 2 aromatic carbocycles. The fraction of sp³-hybridized carbons (Fsp3) is 0.414. The Labute approximate surface area is 240 Å². The van der Waals surface area contributed by atoms with Crippen LogP contribution in [0.25, 0.3) is 11.2 Å². The Bertz CT molecular complexity index is 1400. The van der Waals surface area contributed by atoms with E-state index in [0.717, 1.165) is 11.1 Å². The van der Waals surface area contributed by atoms with E-state index in [1.165, 1.54) is 0 Å². The number of aromatic nitrogens is 4. The Morgan fingerprint density at radius 1 is 0.878 bits per heavy atom. The molecule has 4 rings (SSSR count). The summed E-state index contributed by atoms with van der Waals surface area (Å²) in [5.74, 6) is 0.341. The van der Waals surface area contributed by atoms with Gasteiger partial charge in [0.25, 0.3) is 0 Å². The number of ether oxygens (including phenoxy) is 3. The molecule has 12 heteroatoms. The molecular weight excluding hydrogens is 545 g/mol. The van der Waals surface area contributed by atoms with Crippen LogP contribution in [-0.4, -0.2) is 50.8 Å². The Morgan fingerprint density at radius 3 is 2.10 bits per heavy atom. The maximum Gasteiger partial charge on any atom is 0.356 e. The van der Waals surface area contributed by atoms with Crippen LogP contribution in [0.15, 0.2) is 67.0 Å². The van der Waals surface area contributed by atoms with Crippen LogP contribution in [0, 0.1) is 0 Å². The number of hydrogen-bond acceptors (Lipinski definition) is 10. The summed E-state index contributed by atoms with van der Waals surface area (Å²) in [7, 11) is -3.54. The molecule has 0 saturated heterocycles. The molecule has 0 aliphatic rings. The average molecular weight is 584 g/mol. The lowest BCUT2D eigenvalue weighted by molar-refractivity contribution is -0.0215. The minimum Gasteiger partial charge on any atom is -0.471 e. The van der Waals surface area contributed by atoms with Gasteiger partial charge in [0.2, 0.25) is 11.8 Å². The number of nitrogens with two attached hydrogens (primary N) is 1. The Kier molecular flexibility index (Phi) is 10.8. The molecule has 2 aromatic heterocycles. The molecule has 220 valence electrons. The number of nitrogens with zero attached hydrogens (tertiary/aromatic N) is 4. The van der Waals surface area contributed by atoms with Crippen molar-refractivity contribution in [3.05, 3.63) is 78.1 Å². The highest BCUT2D eigenvalue weighted by atomic mass is 31.2. The van der Waals surface area contributed by atoms with Gasteiger partial charge in [0, 0.05) is 0 Å². The monoisotopic (exact) mass is 583 g/mol. The van der Waals surface area contributed by atoms with Crippen molar-refractivity contribution >= 4 is 24.7 Å². The summed E-state index contributed by atoms with van der Waals surface area (Å²) in [6, 6.07) is 19.6. The molecular formula is C29H38N5O6P. The molecule has 0 saturated carbocycles. The van der Waals surface area contributed by atoms with E-state index in [4.69, 9.17) is 29.0 Å². The first-order valence-electron chi connectivity index (χ1n) is 13.5. The molecule has 2 N–H and O–H groups in total. The number of anilines is 1. The second-order valence-electron chi connectivity index (χ2n) is 10.1. The van der Waals surface area contributed by atoms with Crippen molar-refractivity contribution in [2.75, 3.05) is 18.7 Å². The van der Waals surface area contributed by atoms with Crippen LogP contribution in [-0.2, 0) is 42.8 Å². The van der Waals surface area contributed by atoms with Gasteiger partial charge in [0.1, 0.15) is 13.0 Å². The molecule has 0 aliphatic heterocycles. The van der Waals surface area contributed by atoms with Crippen molar-refractivity contribution < 1.29 is 27.8 Å². The van der Waals surface area contributed by atoms with Gasteiger partial charge in [-0.05, 0) is 38.8 Å². The van der Waals surface area contributed by atoms with E-state index >= 15 is 0 Å². The summed E-state index contributed by atoms with van der Waals surface area (Å²) in [5, 5.41) is 0. The van der Waals surface area contributed by atoms with Gasteiger partial charge >= 0.3 is 7.60 Å². The van der Waals surface area contributed by atoms with Gasteiger partial charge in [-0.2, -0.15) is 9.97 Å². The van der Waals surface area contributed by atoms with E-state index in [1.807, 2.05) is 60.7 Å². The van der Waals surface area contributed by atoms with Gasteiger partial charge in [0.05, 0.1) is 44.4 Å². The van der Waals surface area contributed by atoms with Crippen LogP contribution in [0.1, 0.15) is 38.8 Å². The zero-order chi connectivity index (χ0) is 29.2. The third-order valence-corrected chi connectivity index (χ3v) is 7.65. The van der Waals surface area contributed by atoms with E-state index in [9.17, 15) is 4.57 Å². The Hall–Kier alpha value is -3.34. The van der Waals surface area contributed by atoms with Crippen molar-refractivity contribution in [3.63, 3.8) is 0 Å². The molecule has 0 radical (unpaired) electrons. The first-order chi connectivity index (χ1) is 19.7. The molecule has 4 aromatic rings. The number of hydrogen-bond donors (Lipinski definition) is 1. The second kappa shape index (κ2) is 14.5. The van der Waals surface area contributed by atoms with E-state index in [1.54, 1.807) is 38.6 Å². The minimum absolute atomic E-state index is 0.0558. The number of benzene rings is 2. The molecule has 41 heavy (non-hydrogen) atoms. The quantitative estimate of drug-likeness (QED) is 0.166. The first-order valence-corrected chi connectivity index (χ1v) is 15.3. The summed E-state index contributed by atoms with van der Waals surface area (Å²) in [4.78, 5) is 13.2. The normalized spacial score (nSPS) is 12.8. The van der Waals surface area contributed by atoms with Gasteiger partial charge in [-0.3, -0.25) is 4.57 Å². The van der Waals surface area contributed by atoms with E-state index in [0.29, 0.717) is 24.4 Å². The predicted octanol–water partition coefficient (Wildman–Crippen LogP) is 5.59. The maximum atomic E-state index is 13.4. The van der Waals surface area contributed by atoms with Crippen LogP contribution in [0.3, 0.4) is 0 Å². The molecule has 0 spiro atoms. The van der Waals surface area contributed by atoms with E-state index in [-0.39, 0.29) is 43.5 Å². The summed E-state index contributed by atoms with van der Waals surface area (Å²) in [6.07, 6.45) is 0.236. The first kappa shape index (κ1) is 30.6. The molecule has 1 atom stereocenters. The van der Waals surface area contributed by atoms with Crippen molar-refractivity contribution in [3.8, 4) is 5.88 Å². The standard InChI is InChI=1S/C29H38N5O6P/c1-21(2)39-41(35,40-22(3)4)20-38-25(18-36-16-23-11-7-5-8-12-23)15-34-19-31-26-27(34)32-29(30)33-28(26)37-17-24-13-9-6-10-14-24/h5-14,19,21-22,25H,15-18,20H2,1-4H3,(H2,30,32,33). The largest absolute Gasteiger partial charge is 0.471 e. The zero-order valence-corrected chi connectivity index (χ0v) is 24.8. The average Bonchev–Trinajstić information content (AvgIpc) is 3.33. The van der Waals surface area contributed by atoms with Crippen LogP contribution in [0.2, 0.25) is 0 Å². The van der Waals surface area contributed by atoms with Crippen LogP contribution in [0.5, 0.6) is 5.88 Å². The maximum absolute atomic E-state index is 13.4. The highest BCUT2D eigenvalue weighted by Gasteiger charge is 2.30. The molecule has 0 bridgehead atoms. The summed E-state index contributed by atoms with van der Waals surface area (Å²) in [6.45, 7) is 8.39. The third-order valence-electron chi connectivity index (χ3n) is 5.69. The zero-order valence-electron chi connectivity index (χ0n) is 23.9. The van der Waals surface area contributed by atoms with Gasteiger partial charge in [0.15, 0.2) is 11.2 Å². The molecule has 1 unspecified atom stereocenters. The van der Waals surface area contributed by atoms with E-state index in [2.05, 4.69) is 15.0 Å². The van der Waals surface area contributed by atoms with Crippen molar-refractivity contribution in [1.29, 1.82) is 0 Å². The Balaban J connectivity index is 1.52. The van der Waals surface area contributed by atoms with Crippen LogP contribution >= 0.6 is 7.60 Å². The Morgan fingerprint density at radius 2 is 1.49 bits per heavy atom. The molecule has 0 amide bonds. The summed E-state index contributed by atoms with van der Waals surface area (Å²) in [5.41, 5.74) is 9.00. The fourth-order valence-electron chi connectivity index (χ4n) is 4.07. The molecule has 0 fully saturated rings. The van der Waals surface area contributed by atoms with Gasteiger partial charge < -0.3 is 33.6 Å². The lowest BCUT2D eigenvalue weighted by Gasteiger charge is -2.25. The SMILES string of the molecule is CC(C)OP(=O)(COC(COCc1ccccc1)Cn1cnc2c(OCc3ccccc3)nc(N)nc21)OC(C)C. The lowest BCUT2D eigenvalue weighted by atomic mass is 10.2. The fourth-order valence-corrected chi connectivity index (χ4v) is 5.92. The third kappa shape index (κ3) is 9.34. The summed E-state index contributed by atoms with van der Waals surface area (Å²) < 4.78 is 44.7. The molecule has 2 heterocycles. The lowest BCUT2D eigenvalue weighted by Crippen LogP contribution is -2.27. The van der Waals surface area contributed by atoms with Crippen molar-refractivity contribution in [2.24, 2.45) is 0 Å². The van der Waals surface area contributed by atoms with Gasteiger partial charge in [-0.15, -0.1) is 0 Å². The number of fused-ring (bicyclic) bond motifs is 1. The highest BCUT2D eigenvalue weighted by molar-refractivity contribution is 7.53. The van der Waals surface area contributed by atoms with Crippen molar-refractivity contribution in [2.45, 2.75) is 65.8 Å². The minimum atomic E-state index is -3.54. The second-order valence-corrected chi connectivity index (χ2v) is 12.0. The molecule has 0 aliphatic carbocycles. The predicted molar refractivity (Wildman–Crippen MR) is 156 cm³/mol. The summed E-state index contributed by atoms with van der Waals surface area (Å²) >= 11 is 0. The van der Waals surface area contributed by atoms with Crippen LogP contribution < -0.4 is 10.5 Å².